The highest BCUT2D eigenvalue weighted by molar-refractivity contribution is 5.98. The number of nitrogens with zero attached hydrogens (tertiary/aromatic N) is 1. The second-order valence-electron chi connectivity index (χ2n) is 4.82. The summed E-state index contributed by atoms with van der Waals surface area (Å²) in [6.45, 7) is 2.48. The quantitative estimate of drug-likeness (QED) is 0.898. The summed E-state index contributed by atoms with van der Waals surface area (Å²) in [5, 5.41) is 11.2. The number of carboxylic acids is 1. The van der Waals surface area contributed by atoms with Crippen molar-refractivity contribution in [2.75, 3.05) is 18.1 Å². The van der Waals surface area contributed by atoms with Gasteiger partial charge in [-0.2, -0.15) is 0 Å². The van der Waals surface area contributed by atoms with Crippen LogP contribution in [0.5, 0.6) is 5.75 Å². The molecular formula is C15H15NO3. The van der Waals surface area contributed by atoms with Gasteiger partial charge in [0.15, 0.2) is 0 Å². The van der Waals surface area contributed by atoms with Gasteiger partial charge in [-0.3, -0.25) is 4.79 Å². The molecule has 0 amide bonds. The summed E-state index contributed by atoms with van der Waals surface area (Å²) in [6.07, 6.45) is 0. The predicted octanol–water partition coefficient (Wildman–Crippen LogP) is 2.51. The fourth-order valence-corrected chi connectivity index (χ4v) is 2.55. The molecule has 0 aromatic heterocycles. The first-order chi connectivity index (χ1) is 9.16. The number of rotatable bonds is 2. The van der Waals surface area contributed by atoms with Crippen molar-refractivity contribution in [2.45, 2.75) is 13.0 Å². The molecule has 1 aliphatic rings. The Morgan fingerprint density at radius 1 is 1.37 bits per heavy atom. The van der Waals surface area contributed by atoms with Crippen LogP contribution in [0.1, 0.15) is 6.92 Å². The van der Waals surface area contributed by atoms with E-state index >= 15 is 0 Å². The third-order valence-electron chi connectivity index (χ3n) is 3.47. The van der Waals surface area contributed by atoms with Crippen molar-refractivity contribution in [3.63, 3.8) is 0 Å². The average Bonchev–Trinajstić information content (AvgIpc) is 2.41. The zero-order valence-corrected chi connectivity index (χ0v) is 10.7. The van der Waals surface area contributed by atoms with Crippen molar-refractivity contribution in [1.29, 1.82) is 0 Å². The largest absolute Gasteiger partial charge is 0.489 e. The smallest absolute Gasteiger partial charge is 0.323 e. The first-order valence-electron chi connectivity index (χ1n) is 6.30. The molecule has 0 spiro atoms. The molecule has 19 heavy (non-hydrogen) atoms. The second kappa shape index (κ2) is 4.46. The van der Waals surface area contributed by atoms with E-state index in [4.69, 9.17) is 9.84 Å². The molecule has 1 unspecified atom stereocenters. The molecule has 0 bridgehead atoms. The van der Waals surface area contributed by atoms with Crippen LogP contribution >= 0.6 is 0 Å². The van der Waals surface area contributed by atoms with Gasteiger partial charge in [-0.05, 0) is 18.4 Å². The monoisotopic (exact) mass is 257 g/mol. The van der Waals surface area contributed by atoms with E-state index in [0.717, 1.165) is 22.2 Å². The third kappa shape index (κ3) is 1.99. The molecular weight excluding hydrogens is 242 g/mol. The highest BCUT2D eigenvalue weighted by Crippen LogP contribution is 2.39. The Morgan fingerprint density at radius 3 is 2.95 bits per heavy atom. The van der Waals surface area contributed by atoms with Crippen LogP contribution in [0.3, 0.4) is 0 Å². The number of ether oxygens (including phenoxy) is 1. The van der Waals surface area contributed by atoms with Gasteiger partial charge in [0.1, 0.15) is 18.9 Å². The van der Waals surface area contributed by atoms with Gasteiger partial charge < -0.3 is 14.7 Å². The molecule has 0 saturated carbocycles. The van der Waals surface area contributed by atoms with Gasteiger partial charge in [0.2, 0.25) is 0 Å². The fourth-order valence-electron chi connectivity index (χ4n) is 2.55. The summed E-state index contributed by atoms with van der Waals surface area (Å²) in [5.74, 6) is -0.0642. The third-order valence-corrected chi connectivity index (χ3v) is 3.47. The molecule has 1 aliphatic heterocycles. The number of hydrogen-bond donors (Lipinski definition) is 1. The van der Waals surface area contributed by atoms with E-state index in [9.17, 15) is 4.79 Å². The first-order valence-corrected chi connectivity index (χ1v) is 6.30. The van der Waals surface area contributed by atoms with Crippen LogP contribution in [0, 0.1) is 0 Å². The van der Waals surface area contributed by atoms with Crippen LogP contribution in [0.4, 0.5) is 5.69 Å². The molecule has 0 aliphatic carbocycles. The van der Waals surface area contributed by atoms with Crippen LogP contribution in [0.15, 0.2) is 36.4 Å². The van der Waals surface area contributed by atoms with Gasteiger partial charge in [0, 0.05) is 5.39 Å². The van der Waals surface area contributed by atoms with E-state index in [2.05, 4.69) is 0 Å². The van der Waals surface area contributed by atoms with Gasteiger partial charge in [-0.15, -0.1) is 0 Å². The molecule has 4 nitrogen and oxygen atoms in total. The van der Waals surface area contributed by atoms with Crippen molar-refractivity contribution in [2.24, 2.45) is 0 Å². The highest BCUT2D eigenvalue weighted by Gasteiger charge is 2.27. The maximum Gasteiger partial charge on any atom is 0.323 e. The van der Waals surface area contributed by atoms with Crippen LogP contribution < -0.4 is 9.64 Å². The molecule has 0 radical (unpaired) electrons. The average molecular weight is 257 g/mol. The molecule has 1 atom stereocenters. The summed E-state index contributed by atoms with van der Waals surface area (Å²) < 4.78 is 5.72. The van der Waals surface area contributed by atoms with E-state index in [-0.39, 0.29) is 12.6 Å². The van der Waals surface area contributed by atoms with Crippen molar-refractivity contribution in [3.8, 4) is 5.75 Å². The summed E-state index contributed by atoms with van der Waals surface area (Å²) in [7, 11) is 0. The topological polar surface area (TPSA) is 49.8 Å². The number of carboxylic acid groups (broad SMARTS) is 1. The number of carbonyl (C=O) groups is 1. The summed E-state index contributed by atoms with van der Waals surface area (Å²) in [6, 6.07) is 11.9. The zero-order chi connectivity index (χ0) is 13.4. The normalized spacial score (nSPS) is 17.9. The lowest BCUT2D eigenvalue weighted by Gasteiger charge is -2.36. The Balaban J connectivity index is 2.21. The van der Waals surface area contributed by atoms with Crippen molar-refractivity contribution in [3.05, 3.63) is 36.4 Å². The molecule has 98 valence electrons. The molecule has 2 aromatic carbocycles. The maximum atomic E-state index is 11.1. The lowest BCUT2D eigenvalue weighted by Crippen LogP contribution is -2.44. The summed E-state index contributed by atoms with van der Waals surface area (Å²) >= 11 is 0. The van der Waals surface area contributed by atoms with E-state index in [1.807, 2.05) is 48.2 Å². The Morgan fingerprint density at radius 2 is 2.16 bits per heavy atom. The first kappa shape index (κ1) is 11.8. The van der Waals surface area contributed by atoms with Gasteiger partial charge in [0.05, 0.1) is 11.7 Å². The van der Waals surface area contributed by atoms with Crippen LogP contribution in [0.25, 0.3) is 10.8 Å². The molecule has 4 heteroatoms. The molecule has 1 N–H and O–H groups in total. The lowest BCUT2D eigenvalue weighted by atomic mass is 10.0. The van der Waals surface area contributed by atoms with Crippen LogP contribution in [-0.4, -0.2) is 30.3 Å². The minimum Gasteiger partial charge on any atom is -0.489 e. The summed E-state index contributed by atoms with van der Waals surface area (Å²) in [5.41, 5.74) is 0.888. The highest BCUT2D eigenvalue weighted by atomic mass is 16.5. The van der Waals surface area contributed by atoms with E-state index in [1.165, 1.54) is 0 Å². The Labute approximate surface area is 111 Å². The van der Waals surface area contributed by atoms with Gasteiger partial charge >= 0.3 is 5.97 Å². The summed E-state index contributed by atoms with van der Waals surface area (Å²) in [4.78, 5) is 13.0. The fraction of sp³-hybridized carbons (Fsp3) is 0.267. The number of fused-ring (bicyclic) bond motifs is 3. The maximum absolute atomic E-state index is 11.1. The number of anilines is 1. The Bertz CT molecular complexity index is 638. The SMILES string of the molecule is CC1COc2ccc3ccccc3c2N1CC(=O)O. The molecule has 1 heterocycles. The van der Waals surface area contributed by atoms with Crippen molar-refractivity contribution in [1.82, 2.24) is 0 Å². The van der Waals surface area contributed by atoms with E-state index < -0.39 is 5.97 Å². The Hall–Kier alpha value is -2.23. The Kier molecular flexibility index (Phi) is 2.78. The van der Waals surface area contributed by atoms with Gasteiger partial charge in [-0.1, -0.05) is 30.3 Å². The van der Waals surface area contributed by atoms with Gasteiger partial charge in [0.25, 0.3) is 0 Å². The molecule has 3 rings (SSSR count). The van der Waals surface area contributed by atoms with E-state index in [0.29, 0.717) is 6.61 Å². The molecule has 0 saturated heterocycles. The standard InChI is InChI=1S/C15H15NO3/c1-10-9-19-13-7-6-11-4-2-3-5-12(11)15(13)16(10)8-14(17)18/h2-7,10H,8-9H2,1H3,(H,17,18). The second-order valence-corrected chi connectivity index (χ2v) is 4.82. The zero-order valence-electron chi connectivity index (χ0n) is 10.7. The number of hydrogen-bond acceptors (Lipinski definition) is 3. The van der Waals surface area contributed by atoms with Crippen LogP contribution in [0.2, 0.25) is 0 Å². The van der Waals surface area contributed by atoms with E-state index in [1.54, 1.807) is 0 Å². The molecule has 2 aromatic rings. The minimum absolute atomic E-state index is 0.00840. The molecule has 0 fully saturated rings. The van der Waals surface area contributed by atoms with Crippen LogP contribution in [-0.2, 0) is 4.79 Å². The minimum atomic E-state index is -0.826. The lowest BCUT2D eigenvalue weighted by molar-refractivity contribution is -0.135. The number of benzene rings is 2. The predicted molar refractivity (Wildman–Crippen MR) is 73.9 cm³/mol. The van der Waals surface area contributed by atoms with Crippen molar-refractivity contribution >= 4 is 22.4 Å². The van der Waals surface area contributed by atoms with Gasteiger partial charge in [-0.25, -0.2) is 0 Å². The van der Waals surface area contributed by atoms with Crippen molar-refractivity contribution < 1.29 is 14.6 Å². The number of aliphatic carboxylic acids is 1.